The van der Waals surface area contributed by atoms with Crippen LogP contribution in [0.2, 0.25) is 0 Å². The molecule has 0 saturated heterocycles. The molecule has 21 heavy (non-hydrogen) atoms. The average molecular weight is 365 g/mol. The normalized spacial score (nSPS) is 12.8. The molecule has 1 aliphatic rings. The molecule has 0 aliphatic heterocycles. The lowest BCUT2D eigenvalue weighted by Gasteiger charge is -2.07. The number of hydrogen-bond donors (Lipinski definition) is 1. The topological polar surface area (TPSA) is 52.9 Å². The molecular formula is C15H10BrFN2OS. The number of nitriles is 1. The molecule has 106 valence electrons. The highest BCUT2D eigenvalue weighted by molar-refractivity contribution is 9.10. The monoisotopic (exact) mass is 364 g/mol. The van der Waals surface area contributed by atoms with Gasteiger partial charge in [-0.05, 0) is 52.9 Å². The third-order valence-electron chi connectivity index (χ3n) is 3.45. The summed E-state index contributed by atoms with van der Waals surface area (Å²) in [5.41, 5.74) is 1.51. The van der Waals surface area contributed by atoms with E-state index in [-0.39, 0.29) is 5.56 Å². The van der Waals surface area contributed by atoms with Crippen LogP contribution < -0.4 is 5.32 Å². The van der Waals surface area contributed by atoms with Crippen molar-refractivity contribution in [1.29, 1.82) is 5.26 Å². The number of benzene rings is 1. The Morgan fingerprint density at radius 2 is 2.24 bits per heavy atom. The van der Waals surface area contributed by atoms with E-state index in [9.17, 15) is 14.4 Å². The smallest absolute Gasteiger partial charge is 0.260 e. The SMILES string of the molecule is N#Cc1c(NC(=O)c2c(F)cccc2Br)sc2c1CCC2. The van der Waals surface area contributed by atoms with Crippen molar-refractivity contribution in [1.82, 2.24) is 0 Å². The Balaban J connectivity index is 1.95. The maximum Gasteiger partial charge on any atom is 0.260 e. The lowest BCUT2D eigenvalue weighted by atomic mass is 10.1. The van der Waals surface area contributed by atoms with E-state index in [1.807, 2.05) is 0 Å². The number of carbonyl (C=O) groups excluding carboxylic acids is 1. The number of nitrogens with zero attached hydrogens (tertiary/aromatic N) is 1. The lowest BCUT2D eigenvalue weighted by molar-refractivity contribution is 0.102. The molecule has 0 atom stereocenters. The fraction of sp³-hybridized carbons (Fsp3) is 0.200. The van der Waals surface area contributed by atoms with Crippen molar-refractivity contribution in [2.24, 2.45) is 0 Å². The summed E-state index contributed by atoms with van der Waals surface area (Å²) in [7, 11) is 0. The molecule has 1 N–H and O–H groups in total. The average Bonchev–Trinajstić information content (AvgIpc) is 2.98. The molecule has 2 aromatic rings. The van der Waals surface area contributed by atoms with Gasteiger partial charge in [0.15, 0.2) is 0 Å². The second-order valence-corrected chi connectivity index (χ2v) is 6.68. The molecule has 3 rings (SSSR count). The molecule has 0 spiro atoms. The van der Waals surface area contributed by atoms with Gasteiger partial charge >= 0.3 is 0 Å². The van der Waals surface area contributed by atoms with Crippen LogP contribution in [-0.4, -0.2) is 5.91 Å². The molecule has 1 heterocycles. The standard InChI is InChI=1S/C15H10BrFN2OS/c16-10-4-2-5-11(17)13(10)14(20)19-15-9(7-18)8-3-1-6-12(8)21-15/h2,4-5H,1,3,6H2,(H,19,20). The molecule has 1 amide bonds. The summed E-state index contributed by atoms with van der Waals surface area (Å²) in [5, 5.41) is 12.5. The van der Waals surface area contributed by atoms with Gasteiger partial charge < -0.3 is 5.32 Å². The Hall–Kier alpha value is -1.71. The van der Waals surface area contributed by atoms with Crippen molar-refractivity contribution in [3.05, 3.63) is 50.1 Å². The zero-order chi connectivity index (χ0) is 15.0. The number of carbonyl (C=O) groups is 1. The fourth-order valence-electron chi connectivity index (χ4n) is 2.49. The van der Waals surface area contributed by atoms with Crippen LogP contribution in [0.3, 0.4) is 0 Å². The Morgan fingerprint density at radius 3 is 2.95 bits per heavy atom. The number of amides is 1. The number of fused-ring (bicyclic) bond motifs is 1. The summed E-state index contributed by atoms with van der Waals surface area (Å²) in [6.45, 7) is 0. The van der Waals surface area contributed by atoms with Crippen LogP contribution in [0, 0.1) is 17.1 Å². The van der Waals surface area contributed by atoms with Crippen molar-refractivity contribution in [2.45, 2.75) is 19.3 Å². The summed E-state index contributed by atoms with van der Waals surface area (Å²) in [5.74, 6) is -1.14. The van der Waals surface area contributed by atoms with Crippen molar-refractivity contribution < 1.29 is 9.18 Å². The minimum atomic E-state index is -0.593. The molecule has 0 radical (unpaired) electrons. The molecule has 0 unspecified atom stereocenters. The zero-order valence-corrected chi connectivity index (χ0v) is 13.3. The van der Waals surface area contributed by atoms with E-state index < -0.39 is 11.7 Å². The summed E-state index contributed by atoms with van der Waals surface area (Å²) in [6, 6.07) is 6.52. The van der Waals surface area contributed by atoms with E-state index in [0.29, 0.717) is 15.0 Å². The van der Waals surface area contributed by atoms with Crippen LogP contribution in [0.5, 0.6) is 0 Å². The Morgan fingerprint density at radius 1 is 1.43 bits per heavy atom. The van der Waals surface area contributed by atoms with Crippen LogP contribution in [0.4, 0.5) is 9.39 Å². The summed E-state index contributed by atoms with van der Waals surface area (Å²) in [4.78, 5) is 13.4. The van der Waals surface area contributed by atoms with Crippen molar-refractivity contribution in [3.8, 4) is 6.07 Å². The second kappa shape index (κ2) is 5.58. The number of hydrogen-bond acceptors (Lipinski definition) is 3. The van der Waals surface area contributed by atoms with Crippen LogP contribution in [0.15, 0.2) is 22.7 Å². The lowest BCUT2D eigenvalue weighted by Crippen LogP contribution is -2.14. The van der Waals surface area contributed by atoms with Gasteiger partial charge in [-0.15, -0.1) is 11.3 Å². The first kappa shape index (κ1) is 14.2. The van der Waals surface area contributed by atoms with Crippen LogP contribution >= 0.6 is 27.3 Å². The number of thiophene rings is 1. The van der Waals surface area contributed by atoms with Gasteiger partial charge in [0, 0.05) is 9.35 Å². The summed E-state index contributed by atoms with van der Waals surface area (Å²) in [6.07, 6.45) is 2.85. The van der Waals surface area contributed by atoms with Gasteiger partial charge in [0.1, 0.15) is 16.9 Å². The van der Waals surface area contributed by atoms with E-state index >= 15 is 0 Å². The van der Waals surface area contributed by atoms with Crippen molar-refractivity contribution in [3.63, 3.8) is 0 Å². The molecular weight excluding hydrogens is 355 g/mol. The number of nitrogens with one attached hydrogen (secondary N) is 1. The van der Waals surface area contributed by atoms with E-state index in [1.165, 1.54) is 23.5 Å². The van der Waals surface area contributed by atoms with E-state index in [1.54, 1.807) is 6.07 Å². The molecule has 1 aliphatic carbocycles. The predicted molar refractivity (Wildman–Crippen MR) is 83.1 cm³/mol. The summed E-state index contributed by atoms with van der Waals surface area (Å²) < 4.78 is 14.2. The van der Waals surface area contributed by atoms with E-state index in [4.69, 9.17) is 0 Å². The first-order valence-corrected chi connectivity index (χ1v) is 8.02. The van der Waals surface area contributed by atoms with E-state index in [0.717, 1.165) is 29.7 Å². The van der Waals surface area contributed by atoms with Gasteiger partial charge in [0.25, 0.3) is 5.91 Å². The first-order valence-electron chi connectivity index (χ1n) is 6.42. The number of aryl methyl sites for hydroxylation is 1. The minimum absolute atomic E-state index is 0.0463. The molecule has 3 nitrogen and oxygen atoms in total. The van der Waals surface area contributed by atoms with Gasteiger partial charge in [-0.3, -0.25) is 4.79 Å². The van der Waals surface area contributed by atoms with Gasteiger partial charge in [-0.2, -0.15) is 5.26 Å². The maximum atomic E-state index is 13.8. The highest BCUT2D eigenvalue weighted by atomic mass is 79.9. The molecule has 1 aromatic heterocycles. The predicted octanol–water partition coefficient (Wildman–Crippen LogP) is 4.26. The largest absolute Gasteiger partial charge is 0.312 e. The number of rotatable bonds is 2. The minimum Gasteiger partial charge on any atom is -0.312 e. The van der Waals surface area contributed by atoms with Gasteiger partial charge in [0.2, 0.25) is 0 Å². The zero-order valence-electron chi connectivity index (χ0n) is 10.9. The molecule has 6 heteroatoms. The third kappa shape index (κ3) is 2.47. The summed E-state index contributed by atoms with van der Waals surface area (Å²) >= 11 is 4.59. The fourth-order valence-corrected chi connectivity index (χ4v) is 4.25. The Bertz CT molecular complexity index is 758. The van der Waals surface area contributed by atoms with E-state index in [2.05, 4.69) is 27.3 Å². The quantitative estimate of drug-likeness (QED) is 0.865. The van der Waals surface area contributed by atoms with Gasteiger partial charge in [-0.25, -0.2) is 4.39 Å². The molecule has 0 fully saturated rings. The molecule has 0 bridgehead atoms. The van der Waals surface area contributed by atoms with Crippen LogP contribution in [-0.2, 0) is 12.8 Å². The van der Waals surface area contributed by atoms with Crippen molar-refractivity contribution in [2.75, 3.05) is 5.32 Å². The molecule has 0 saturated carbocycles. The highest BCUT2D eigenvalue weighted by Crippen LogP contribution is 2.39. The van der Waals surface area contributed by atoms with Crippen molar-refractivity contribution >= 4 is 38.2 Å². The third-order valence-corrected chi connectivity index (χ3v) is 5.32. The molecule has 1 aromatic carbocycles. The highest BCUT2D eigenvalue weighted by Gasteiger charge is 2.24. The number of anilines is 1. The number of halogens is 2. The first-order chi connectivity index (χ1) is 10.1. The van der Waals surface area contributed by atoms with Gasteiger partial charge in [-0.1, -0.05) is 6.07 Å². The van der Waals surface area contributed by atoms with Crippen LogP contribution in [0.1, 0.15) is 32.8 Å². The second-order valence-electron chi connectivity index (χ2n) is 4.72. The van der Waals surface area contributed by atoms with Crippen LogP contribution in [0.25, 0.3) is 0 Å². The van der Waals surface area contributed by atoms with Gasteiger partial charge in [0.05, 0.1) is 11.1 Å². The Labute approximate surface area is 133 Å². The maximum absolute atomic E-state index is 13.8. The Kier molecular flexibility index (Phi) is 3.79.